The lowest BCUT2D eigenvalue weighted by atomic mass is 9.90. The average molecular weight is 379 g/mol. The van der Waals surface area contributed by atoms with E-state index in [1.54, 1.807) is 17.5 Å². The summed E-state index contributed by atoms with van der Waals surface area (Å²) in [6.07, 6.45) is 4.21. The van der Waals surface area contributed by atoms with E-state index in [2.05, 4.69) is 10.3 Å². The molecule has 1 aliphatic carbocycles. The molecule has 0 fully saturated rings. The van der Waals surface area contributed by atoms with Gasteiger partial charge >= 0.3 is 0 Å². The molecule has 1 aliphatic rings. The molecule has 0 saturated carbocycles. The number of amides is 1. The van der Waals surface area contributed by atoms with Crippen LogP contribution in [0.4, 0.5) is 11.4 Å². The number of thiazole rings is 1. The average Bonchev–Trinajstić information content (AvgIpc) is 3.12. The van der Waals surface area contributed by atoms with E-state index in [-0.39, 0.29) is 11.8 Å². The van der Waals surface area contributed by atoms with Crippen LogP contribution in [0.25, 0.3) is 10.7 Å². The molecule has 0 spiro atoms. The highest BCUT2D eigenvalue weighted by molar-refractivity contribution is 7.15. The molecular formula is C21H22N4OS. The number of aromatic nitrogens is 2. The zero-order valence-electron chi connectivity index (χ0n) is 15.5. The van der Waals surface area contributed by atoms with Crippen LogP contribution in [0.3, 0.4) is 0 Å². The Bertz CT molecular complexity index is 935. The van der Waals surface area contributed by atoms with E-state index in [1.165, 1.54) is 4.88 Å². The van der Waals surface area contributed by atoms with Crippen LogP contribution in [0.1, 0.15) is 17.0 Å². The van der Waals surface area contributed by atoms with Crippen LogP contribution in [0, 0.1) is 5.92 Å². The van der Waals surface area contributed by atoms with Crippen molar-refractivity contribution in [3.05, 3.63) is 59.2 Å². The molecular weight excluding hydrogens is 356 g/mol. The van der Waals surface area contributed by atoms with Gasteiger partial charge in [0.05, 0.1) is 11.4 Å². The normalized spacial score (nSPS) is 15.9. The molecule has 1 aromatic carbocycles. The third-order valence-corrected chi connectivity index (χ3v) is 5.99. The molecule has 2 aromatic heterocycles. The van der Waals surface area contributed by atoms with Crippen LogP contribution in [-0.2, 0) is 17.6 Å². The number of fused-ring (bicyclic) bond motifs is 1. The van der Waals surface area contributed by atoms with Crippen molar-refractivity contribution in [1.82, 2.24) is 9.97 Å². The highest BCUT2D eigenvalue weighted by Crippen LogP contribution is 2.34. The minimum absolute atomic E-state index is 0.0111. The Morgan fingerprint density at radius 1 is 1.19 bits per heavy atom. The fraction of sp³-hybridized carbons (Fsp3) is 0.286. The molecule has 138 valence electrons. The highest BCUT2D eigenvalue weighted by Gasteiger charge is 2.28. The number of carbonyl (C=O) groups excluding carboxylic acids is 1. The lowest BCUT2D eigenvalue weighted by Gasteiger charge is -2.20. The quantitative estimate of drug-likeness (QED) is 0.745. The lowest BCUT2D eigenvalue weighted by molar-refractivity contribution is -0.120. The second-order valence-corrected chi connectivity index (χ2v) is 8.06. The van der Waals surface area contributed by atoms with Crippen molar-refractivity contribution in [2.24, 2.45) is 5.92 Å². The van der Waals surface area contributed by atoms with Crippen molar-refractivity contribution in [1.29, 1.82) is 0 Å². The second-order valence-electron chi connectivity index (χ2n) is 6.97. The molecule has 0 saturated heterocycles. The number of benzene rings is 1. The van der Waals surface area contributed by atoms with Crippen LogP contribution in [-0.4, -0.2) is 30.0 Å². The molecule has 0 aliphatic heterocycles. The number of hydrogen-bond donors (Lipinski definition) is 1. The first kappa shape index (κ1) is 17.7. The van der Waals surface area contributed by atoms with E-state index < -0.39 is 0 Å². The summed E-state index contributed by atoms with van der Waals surface area (Å²) in [5.41, 5.74) is 3.98. The molecule has 27 heavy (non-hydrogen) atoms. The van der Waals surface area contributed by atoms with Gasteiger partial charge in [-0.2, -0.15) is 0 Å². The van der Waals surface area contributed by atoms with Crippen LogP contribution in [0.5, 0.6) is 0 Å². The number of carbonyl (C=O) groups is 1. The molecule has 5 nitrogen and oxygen atoms in total. The molecule has 0 radical (unpaired) electrons. The number of nitrogens with one attached hydrogen (secondary N) is 1. The van der Waals surface area contributed by atoms with Crippen molar-refractivity contribution < 1.29 is 4.79 Å². The first-order valence-electron chi connectivity index (χ1n) is 9.08. The van der Waals surface area contributed by atoms with Gasteiger partial charge in [-0.25, -0.2) is 4.98 Å². The van der Waals surface area contributed by atoms with E-state index >= 15 is 0 Å². The Hall–Kier alpha value is -2.73. The first-order chi connectivity index (χ1) is 13.1. The van der Waals surface area contributed by atoms with E-state index in [9.17, 15) is 4.79 Å². The van der Waals surface area contributed by atoms with Crippen LogP contribution >= 0.6 is 11.3 Å². The largest absolute Gasteiger partial charge is 0.378 e. The summed E-state index contributed by atoms with van der Waals surface area (Å²) in [7, 11) is 4.00. The summed E-state index contributed by atoms with van der Waals surface area (Å²) < 4.78 is 0. The predicted octanol–water partition coefficient (Wildman–Crippen LogP) is 4.01. The van der Waals surface area contributed by atoms with Gasteiger partial charge in [0.25, 0.3) is 0 Å². The molecule has 1 unspecified atom stereocenters. The smallest absolute Gasteiger partial charge is 0.227 e. The summed E-state index contributed by atoms with van der Waals surface area (Å²) in [4.78, 5) is 25.1. The number of rotatable bonds is 4. The second kappa shape index (κ2) is 7.48. The maximum absolute atomic E-state index is 12.7. The van der Waals surface area contributed by atoms with Gasteiger partial charge in [0.1, 0.15) is 5.01 Å². The van der Waals surface area contributed by atoms with Crippen molar-refractivity contribution in [2.45, 2.75) is 19.3 Å². The number of nitrogens with zero attached hydrogens (tertiary/aromatic N) is 3. The molecule has 0 bridgehead atoms. The minimum atomic E-state index is -0.0111. The fourth-order valence-corrected chi connectivity index (χ4v) is 4.45. The number of anilines is 2. The highest BCUT2D eigenvalue weighted by atomic mass is 32.1. The van der Waals surface area contributed by atoms with E-state index in [1.807, 2.05) is 61.5 Å². The monoisotopic (exact) mass is 378 g/mol. The van der Waals surface area contributed by atoms with E-state index in [0.717, 1.165) is 47.0 Å². The third-order valence-electron chi connectivity index (χ3n) is 4.85. The van der Waals surface area contributed by atoms with E-state index in [4.69, 9.17) is 4.98 Å². The van der Waals surface area contributed by atoms with Gasteiger partial charge in [-0.1, -0.05) is 6.07 Å². The zero-order valence-corrected chi connectivity index (χ0v) is 16.3. The summed E-state index contributed by atoms with van der Waals surface area (Å²) in [6, 6.07) is 13.8. The standard InChI is InChI=1S/C21H22N4OS/c1-25(2)16-9-7-15(8-10-16)23-20(26)14-6-11-17-19(13-14)27-21(24-17)18-5-3-4-12-22-18/h3-5,7-10,12,14H,6,11,13H2,1-2H3,(H,23,26). The molecule has 2 heterocycles. The van der Waals surface area contributed by atoms with Gasteiger partial charge in [0, 0.05) is 42.5 Å². The Morgan fingerprint density at radius 2 is 2.00 bits per heavy atom. The van der Waals surface area contributed by atoms with Gasteiger partial charge in [0.2, 0.25) is 5.91 Å². The van der Waals surface area contributed by atoms with Crippen LogP contribution in [0.15, 0.2) is 48.7 Å². The lowest BCUT2D eigenvalue weighted by Crippen LogP contribution is -2.27. The van der Waals surface area contributed by atoms with Gasteiger partial charge in [-0.05, 0) is 55.7 Å². The Balaban J connectivity index is 1.44. The molecule has 1 N–H and O–H groups in total. The van der Waals surface area contributed by atoms with E-state index in [0.29, 0.717) is 0 Å². The van der Waals surface area contributed by atoms with Gasteiger partial charge < -0.3 is 10.2 Å². The molecule has 1 amide bonds. The first-order valence-corrected chi connectivity index (χ1v) is 9.90. The number of pyridine rings is 1. The Kier molecular flexibility index (Phi) is 4.90. The van der Waals surface area contributed by atoms with Crippen molar-refractivity contribution in [3.63, 3.8) is 0 Å². The fourth-order valence-electron chi connectivity index (χ4n) is 3.28. The minimum Gasteiger partial charge on any atom is -0.378 e. The summed E-state index contributed by atoms with van der Waals surface area (Å²) in [5.74, 6) is 0.0779. The summed E-state index contributed by atoms with van der Waals surface area (Å²) in [5, 5.41) is 4.01. The Labute approximate surface area is 163 Å². The number of aryl methyl sites for hydroxylation is 1. The van der Waals surface area contributed by atoms with Gasteiger partial charge in [-0.15, -0.1) is 11.3 Å². The van der Waals surface area contributed by atoms with Gasteiger partial charge in [0.15, 0.2) is 0 Å². The molecule has 1 atom stereocenters. The van der Waals surface area contributed by atoms with Crippen molar-refractivity contribution in [2.75, 3.05) is 24.3 Å². The molecule has 4 rings (SSSR count). The Morgan fingerprint density at radius 3 is 2.70 bits per heavy atom. The predicted molar refractivity (Wildman–Crippen MR) is 110 cm³/mol. The summed E-state index contributed by atoms with van der Waals surface area (Å²) >= 11 is 1.66. The van der Waals surface area contributed by atoms with Crippen LogP contribution < -0.4 is 10.2 Å². The topological polar surface area (TPSA) is 58.1 Å². The summed E-state index contributed by atoms with van der Waals surface area (Å²) in [6.45, 7) is 0. The number of hydrogen-bond acceptors (Lipinski definition) is 5. The van der Waals surface area contributed by atoms with Crippen LogP contribution in [0.2, 0.25) is 0 Å². The zero-order chi connectivity index (χ0) is 18.8. The van der Waals surface area contributed by atoms with Crippen molar-refractivity contribution in [3.8, 4) is 10.7 Å². The molecule has 6 heteroatoms. The van der Waals surface area contributed by atoms with Gasteiger partial charge in [-0.3, -0.25) is 9.78 Å². The SMILES string of the molecule is CN(C)c1ccc(NC(=O)C2CCc3nc(-c4ccccn4)sc3C2)cc1. The molecule has 3 aromatic rings. The third kappa shape index (κ3) is 3.85. The maximum atomic E-state index is 12.7. The van der Waals surface area contributed by atoms with Crippen molar-refractivity contribution >= 4 is 28.6 Å². The maximum Gasteiger partial charge on any atom is 0.227 e.